The molecule has 21 heavy (non-hydrogen) atoms. The molecule has 2 N–H and O–H groups in total. The SMILES string of the molecule is CNC(=O)COc1ccc(C(NC)c2nnnn2C)cc1. The lowest BCUT2D eigenvalue weighted by molar-refractivity contribution is -0.122. The molecular weight excluding hydrogens is 272 g/mol. The summed E-state index contributed by atoms with van der Waals surface area (Å²) in [7, 11) is 5.21. The maximum absolute atomic E-state index is 11.1. The van der Waals surface area contributed by atoms with Crippen molar-refractivity contribution in [2.24, 2.45) is 7.05 Å². The van der Waals surface area contributed by atoms with Gasteiger partial charge >= 0.3 is 0 Å². The Morgan fingerprint density at radius 2 is 2.05 bits per heavy atom. The molecule has 0 radical (unpaired) electrons. The summed E-state index contributed by atoms with van der Waals surface area (Å²) < 4.78 is 6.99. The Kier molecular flexibility index (Phi) is 4.83. The lowest BCUT2D eigenvalue weighted by Gasteiger charge is -2.15. The highest BCUT2D eigenvalue weighted by atomic mass is 16.5. The van der Waals surface area contributed by atoms with E-state index in [0.29, 0.717) is 5.75 Å². The molecule has 0 aliphatic heterocycles. The Balaban J connectivity index is 2.10. The molecule has 0 spiro atoms. The van der Waals surface area contributed by atoms with Crippen LogP contribution in [0.15, 0.2) is 24.3 Å². The van der Waals surface area contributed by atoms with Crippen LogP contribution in [-0.2, 0) is 11.8 Å². The molecular formula is C13H18N6O2. The van der Waals surface area contributed by atoms with Crippen molar-refractivity contribution in [1.82, 2.24) is 30.8 Å². The minimum atomic E-state index is -0.169. The van der Waals surface area contributed by atoms with E-state index in [1.54, 1.807) is 18.8 Å². The van der Waals surface area contributed by atoms with Gasteiger partial charge in [-0.25, -0.2) is 4.68 Å². The zero-order valence-electron chi connectivity index (χ0n) is 12.2. The topological polar surface area (TPSA) is 94.0 Å². The molecule has 8 nitrogen and oxygen atoms in total. The fourth-order valence-corrected chi connectivity index (χ4v) is 1.90. The molecule has 0 aliphatic carbocycles. The lowest BCUT2D eigenvalue weighted by Crippen LogP contribution is -2.25. The molecule has 1 atom stereocenters. The maximum Gasteiger partial charge on any atom is 0.257 e. The van der Waals surface area contributed by atoms with Crippen molar-refractivity contribution in [3.63, 3.8) is 0 Å². The standard InChI is InChI=1S/C13H18N6O2/c1-14-11(20)8-21-10-6-4-9(5-7-10)12(15-2)13-16-17-18-19(13)3/h4-7,12,15H,8H2,1-3H3,(H,14,20). The minimum Gasteiger partial charge on any atom is -0.484 e. The van der Waals surface area contributed by atoms with Gasteiger partial charge in [0.1, 0.15) is 5.75 Å². The summed E-state index contributed by atoms with van der Waals surface area (Å²) >= 11 is 0. The fourth-order valence-electron chi connectivity index (χ4n) is 1.90. The summed E-state index contributed by atoms with van der Waals surface area (Å²) in [5.74, 6) is 1.18. The summed E-state index contributed by atoms with van der Waals surface area (Å²) in [5, 5.41) is 17.2. The Bertz CT molecular complexity index is 595. The third-order valence-electron chi connectivity index (χ3n) is 3.06. The maximum atomic E-state index is 11.1. The number of rotatable bonds is 6. The minimum absolute atomic E-state index is 0.00148. The largest absolute Gasteiger partial charge is 0.484 e. The van der Waals surface area contributed by atoms with E-state index < -0.39 is 0 Å². The number of ether oxygens (including phenoxy) is 1. The number of carbonyl (C=O) groups excluding carboxylic acids is 1. The first kappa shape index (κ1) is 14.9. The highest BCUT2D eigenvalue weighted by Crippen LogP contribution is 2.21. The number of aryl methyl sites for hydroxylation is 1. The van der Waals surface area contributed by atoms with Crippen LogP contribution in [0.25, 0.3) is 0 Å². The second-order valence-corrected chi connectivity index (χ2v) is 4.41. The van der Waals surface area contributed by atoms with Crippen LogP contribution < -0.4 is 15.4 Å². The Morgan fingerprint density at radius 1 is 1.33 bits per heavy atom. The second-order valence-electron chi connectivity index (χ2n) is 4.41. The van der Waals surface area contributed by atoms with Crippen LogP contribution in [0.5, 0.6) is 5.75 Å². The predicted octanol–water partition coefficient (Wildman–Crippen LogP) is -0.356. The molecule has 2 aromatic rings. The summed E-state index contributed by atoms with van der Waals surface area (Å²) in [5.41, 5.74) is 1.00. The highest BCUT2D eigenvalue weighted by Gasteiger charge is 2.17. The van der Waals surface area contributed by atoms with Gasteiger partial charge in [-0.05, 0) is 35.2 Å². The smallest absolute Gasteiger partial charge is 0.257 e. The van der Waals surface area contributed by atoms with Gasteiger partial charge in [0.25, 0.3) is 5.91 Å². The molecule has 0 aliphatic rings. The number of hydrogen-bond donors (Lipinski definition) is 2. The molecule has 8 heteroatoms. The number of likely N-dealkylation sites (N-methyl/N-ethyl adjacent to an activating group) is 1. The zero-order chi connectivity index (χ0) is 15.2. The van der Waals surface area contributed by atoms with Gasteiger partial charge in [-0.1, -0.05) is 12.1 Å². The summed E-state index contributed by atoms with van der Waals surface area (Å²) in [4.78, 5) is 11.1. The number of carbonyl (C=O) groups is 1. The zero-order valence-corrected chi connectivity index (χ0v) is 12.2. The van der Waals surface area contributed by atoms with Crippen molar-refractivity contribution < 1.29 is 9.53 Å². The lowest BCUT2D eigenvalue weighted by atomic mass is 10.1. The van der Waals surface area contributed by atoms with Crippen LogP contribution in [0.2, 0.25) is 0 Å². The van der Waals surface area contributed by atoms with E-state index in [0.717, 1.165) is 11.4 Å². The van der Waals surface area contributed by atoms with E-state index in [1.807, 2.05) is 31.3 Å². The van der Waals surface area contributed by atoms with Crippen molar-refractivity contribution in [3.05, 3.63) is 35.7 Å². The van der Waals surface area contributed by atoms with E-state index in [-0.39, 0.29) is 18.6 Å². The Morgan fingerprint density at radius 3 is 2.57 bits per heavy atom. The third-order valence-corrected chi connectivity index (χ3v) is 3.06. The fraction of sp³-hybridized carbons (Fsp3) is 0.385. The molecule has 1 unspecified atom stereocenters. The van der Waals surface area contributed by atoms with Gasteiger partial charge in [-0.3, -0.25) is 4.79 Å². The number of hydrogen-bond acceptors (Lipinski definition) is 6. The number of nitrogens with zero attached hydrogens (tertiary/aromatic N) is 4. The van der Waals surface area contributed by atoms with Crippen LogP contribution in [0.4, 0.5) is 0 Å². The van der Waals surface area contributed by atoms with Crippen molar-refractivity contribution >= 4 is 5.91 Å². The van der Waals surface area contributed by atoms with Crippen LogP contribution in [0.3, 0.4) is 0 Å². The van der Waals surface area contributed by atoms with Crippen LogP contribution >= 0.6 is 0 Å². The molecule has 0 fully saturated rings. The quantitative estimate of drug-likeness (QED) is 0.755. The first-order valence-corrected chi connectivity index (χ1v) is 6.48. The van der Waals surface area contributed by atoms with Gasteiger partial charge in [0.05, 0.1) is 6.04 Å². The molecule has 0 bridgehead atoms. The van der Waals surface area contributed by atoms with E-state index in [1.165, 1.54) is 0 Å². The molecule has 1 aromatic carbocycles. The van der Waals surface area contributed by atoms with Gasteiger partial charge in [-0.2, -0.15) is 0 Å². The molecule has 1 heterocycles. The molecule has 112 valence electrons. The first-order valence-electron chi connectivity index (χ1n) is 6.48. The van der Waals surface area contributed by atoms with Crippen molar-refractivity contribution in [3.8, 4) is 5.75 Å². The van der Waals surface area contributed by atoms with Gasteiger partial charge in [-0.15, -0.1) is 5.10 Å². The van der Waals surface area contributed by atoms with Crippen LogP contribution in [0.1, 0.15) is 17.4 Å². The third kappa shape index (κ3) is 3.54. The van der Waals surface area contributed by atoms with Gasteiger partial charge in [0.2, 0.25) is 0 Å². The number of aromatic nitrogens is 4. The predicted molar refractivity (Wildman–Crippen MR) is 75.7 cm³/mol. The molecule has 0 saturated carbocycles. The second kappa shape index (κ2) is 6.80. The number of benzene rings is 1. The van der Waals surface area contributed by atoms with Crippen molar-refractivity contribution in [2.75, 3.05) is 20.7 Å². The number of amides is 1. The van der Waals surface area contributed by atoms with E-state index >= 15 is 0 Å². The van der Waals surface area contributed by atoms with Gasteiger partial charge < -0.3 is 15.4 Å². The Labute approximate surface area is 122 Å². The summed E-state index contributed by atoms with van der Waals surface area (Å²) in [6.07, 6.45) is 0. The van der Waals surface area contributed by atoms with E-state index in [4.69, 9.17) is 4.74 Å². The molecule has 1 aromatic heterocycles. The van der Waals surface area contributed by atoms with E-state index in [2.05, 4.69) is 26.2 Å². The van der Waals surface area contributed by atoms with Crippen molar-refractivity contribution in [2.45, 2.75) is 6.04 Å². The van der Waals surface area contributed by atoms with Crippen LogP contribution in [-0.4, -0.2) is 46.8 Å². The highest BCUT2D eigenvalue weighted by molar-refractivity contribution is 5.77. The normalized spacial score (nSPS) is 12.0. The summed E-state index contributed by atoms with van der Waals surface area (Å²) in [6.45, 7) is -0.00148. The number of tetrazole rings is 1. The van der Waals surface area contributed by atoms with E-state index in [9.17, 15) is 4.79 Å². The average molecular weight is 290 g/mol. The summed E-state index contributed by atoms with van der Waals surface area (Å²) in [6, 6.07) is 7.33. The monoisotopic (exact) mass is 290 g/mol. The molecule has 0 saturated heterocycles. The van der Waals surface area contributed by atoms with Gasteiger partial charge in [0, 0.05) is 14.1 Å². The van der Waals surface area contributed by atoms with Crippen LogP contribution in [0, 0.1) is 0 Å². The average Bonchev–Trinajstić information content (AvgIpc) is 2.93. The molecule has 1 amide bonds. The van der Waals surface area contributed by atoms with Crippen molar-refractivity contribution in [1.29, 1.82) is 0 Å². The van der Waals surface area contributed by atoms with Gasteiger partial charge in [0.15, 0.2) is 12.4 Å². The first-order chi connectivity index (χ1) is 10.2. The Hall–Kier alpha value is -2.48. The number of nitrogens with one attached hydrogen (secondary N) is 2. The molecule has 2 rings (SSSR count).